The Labute approximate surface area is 158 Å². The van der Waals surface area contributed by atoms with Gasteiger partial charge in [-0.3, -0.25) is 4.99 Å². The minimum Gasteiger partial charge on any atom is -0.507 e. The van der Waals surface area contributed by atoms with Crippen LogP contribution < -0.4 is 4.90 Å². The van der Waals surface area contributed by atoms with E-state index >= 15 is 0 Å². The molecule has 5 rings (SSSR count). The molecule has 0 aliphatic carbocycles. The molecule has 0 saturated carbocycles. The van der Waals surface area contributed by atoms with Gasteiger partial charge in [-0.1, -0.05) is 30.3 Å². The summed E-state index contributed by atoms with van der Waals surface area (Å²) < 4.78 is 0. The average molecular weight is 358 g/mol. The lowest BCUT2D eigenvalue weighted by Gasteiger charge is -2.37. The molecule has 0 bridgehead atoms. The quantitative estimate of drug-likeness (QED) is 0.653. The fourth-order valence-corrected chi connectivity index (χ4v) is 4.48. The van der Waals surface area contributed by atoms with E-state index in [4.69, 9.17) is 0 Å². The Kier molecular flexibility index (Phi) is 3.78. The molecule has 2 aliphatic heterocycles. The lowest BCUT2D eigenvalue weighted by Crippen LogP contribution is -2.34. The van der Waals surface area contributed by atoms with E-state index in [2.05, 4.69) is 16.0 Å². The van der Waals surface area contributed by atoms with Gasteiger partial charge in [0, 0.05) is 41.5 Å². The average Bonchev–Trinajstić information content (AvgIpc) is 2.70. The molecule has 0 spiro atoms. The molecule has 0 unspecified atom stereocenters. The number of aromatic hydroxyl groups is 2. The van der Waals surface area contributed by atoms with Crippen LogP contribution in [0.1, 0.15) is 29.5 Å². The number of hydrogen-bond donors (Lipinski definition) is 2. The van der Waals surface area contributed by atoms with Gasteiger partial charge < -0.3 is 15.1 Å². The number of hydrogen-bond acceptors (Lipinski definition) is 4. The molecule has 0 fully saturated rings. The lowest BCUT2D eigenvalue weighted by molar-refractivity contribution is 0.461. The van der Waals surface area contributed by atoms with Crippen molar-refractivity contribution in [3.63, 3.8) is 0 Å². The van der Waals surface area contributed by atoms with Crippen molar-refractivity contribution in [1.82, 2.24) is 0 Å². The van der Waals surface area contributed by atoms with Crippen LogP contribution in [0.25, 0.3) is 10.8 Å². The minimum absolute atomic E-state index is 0.148. The second-order valence-electron chi connectivity index (χ2n) is 7.41. The summed E-state index contributed by atoms with van der Waals surface area (Å²) in [4.78, 5) is 6.99. The van der Waals surface area contributed by atoms with E-state index in [0.717, 1.165) is 60.7 Å². The third-order valence-corrected chi connectivity index (χ3v) is 5.74. The largest absolute Gasteiger partial charge is 0.507 e. The molecule has 4 nitrogen and oxygen atoms in total. The molecule has 0 amide bonds. The number of aryl methyl sites for hydroxylation is 1. The van der Waals surface area contributed by atoms with E-state index in [1.165, 1.54) is 11.3 Å². The van der Waals surface area contributed by atoms with Crippen molar-refractivity contribution in [1.29, 1.82) is 0 Å². The van der Waals surface area contributed by atoms with E-state index in [1.54, 1.807) is 12.3 Å². The van der Waals surface area contributed by atoms with Gasteiger partial charge in [-0.05, 0) is 48.8 Å². The number of anilines is 1. The molecule has 0 saturated heterocycles. The molecule has 3 aromatic carbocycles. The summed E-state index contributed by atoms with van der Waals surface area (Å²) >= 11 is 0. The minimum atomic E-state index is 0.148. The Hall–Kier alpha value is -3.01. The zero-order chi connectivity index (χ0) is 18.4. The first kappa shape index (κ1) is 16.2. The number of nitrogens with zero attached hydrogens (tertiary/aromatic N) is 2. The predicted octanol–water partition coefficient (Wildman–Crippen LogP) is 4.70. The monoisotopic (exact) mass is 358 g/mol. The zero-order valence-electron chi connectivity index (χ0n) is 15.2. The second-order valence-corrected chi connectivity index (χ2v) is 7.41. The first-order valence-electron chi connectivity index (χ1n) is 9.60. The molecule has 2 N–H and O–H groups in total. The number of fused-ring (bicyclic) bond motifs is 1. The van der Waals surface area contributed by atoms with Crippen LogP contribution in [0.15, 0.2) is 47.5 Å². The Morgan fingerprint density at radius 1 is 0.963 bits per heavy atom. The van der Waals surface area contributed by atoms with Crippen LogP contribution in [0.2, 0.25) is 0 Å². The van der Waals surface area contributed by atoms with Crippen LogP contribution in [0.5, 0.6) is 11.5 Å². The summed E-state index contributed by atoms with van der Waals surface area (Å²) in [5.41, 5.74) is 4.88. The van der Waals surface area contributed by atoms with E-state index in [0.29, 0.717) is 11.4 Å². The van der Waals surface area contributed by atoms with Crippen molar-refractivity contribution >= 4 is 28.4 Å². The van der Waals surface area contributed by atoms with Crippen LogP contribution in [0.3, 0.4) is 0 Å². The second kappa shape index (κ2) is 6.31. The van der Waals surface area contributed by atoms with Crippen LogP contribution in [0, 0.1) is 0 Å². The maximum atomic E-state index is 10.9. The van der Waals surface area contributed by atoms with Crippen LogP contribution in [-0.2, 0) is 12.8 Å². The van der Waals surface area contributed by atoms with Crippen LogP contribution in [-0.4, -0.2) is 29.5 Å². The summed E-state index contributed by atoms with van der Waals surface area (Å²) in [7, 11) is 0. The van der Waals surface area contributed by atoms with Gasteiger partial charge in [-0.25, -0.2) is 0 Å². The zero-order valence-corrected chi connectivity index (χ0v) is 15.2. The molecule has 27 heavy (non-hydrogen) atoms. The fraction of sp³-hybridized carbons (Fsp3) is 0.261. The highest BCUT2D eigenvalue weighted by atomic mass is 16.3. The SMILES string of the molecule is Oc1ccc2ccccc2c1/N=C/c1cc2c3c(c1O)CCCN3CCC2. The molecular weight excluding hydrogens is 336 g/mol. The molecule has 0 atom stereocenters. The van der Waals surface area contributed by atoms with Crippen molar-refractivity contribution in [2.24, 2.45) is 4.99 Å². The van der Waals surface area contributed by atoms with Gasteiger partial charge in [0.25, 0.3) is 0 Å². The molecule has 2 heterocycles. The highest BCUT2D eigenvalue weighted by Crippen LogP contribution is 2.42. The molecule has 4 heteroatoms. The van der Waals surface area contributed by atoms with Gasteiger partial charge in [-0.15, -0.1) is 0 Å². The third-order valence-electron chi connectivity index (χ3n) is 5.74. The highest BCUT2D eigenvalue weighted by Gasteiger charge is 2.27. The van der Waals surface area contributed by atoms with Gasteiger partial charge in [0.15, 0.2) is 0 Å². The van der Waals surface area contributed by atoms with E-state index in [9.17, 15) is 10.2 Å². The normalized spacial score (nSPS) is 16.1. The smallest absolute Gasteiger partial charge is 0.141 e. The first-order valence-corrected chi connectivity index (χ1v) is 9.60. The molecule has 136 valence electrons. The third kappa shape index (κ3) is 2.64. The number of phenolic OH excluding ortho intramolecular Hbond substituents is 2. The Morgan fingerprint density at radius 2 is 1.78 bits per heavy atom. The van der Waals surface area contributed by atoms with Crippen molar-refractivity contribution < 1.29 is 10.2 Å². The predicted molar refractivity (Wildman–Crippen MR) is 110 cm³/mol. The molecule has 3 aromatic rings. The van der Waals surface area contributed by atoms with E-state index in [1.807, 2.05) is 30.3 Å². The molecule has 2 aliphatic rings. The van der Waals surface area contributed by atoms with Crippen molar-refractivity contribution in [3.05, 3.63) is 59.2 Å². The Balaban J connectivity index is 1.62. The lowest BCUT2D eigenvalue weighted by atomic mass is 9.89. The molecule has 0 radical (unpaired) electrons. The summed E-state index contributed by atoms with van der Waals surface area (Å²) in [5, 5.41) is 23.1. The summed E-state index contributed by atoms with van der Waals surface area (Å²) in [5.74, 6) is 0.485. The van der Waals surface area contributed by atoms with Crippen molar-refractivity contribution in [3.8, 4) is 11.5 Å². The maximum absolute atomic E-state index is 10.9. The molecule has 0 aromatic heterocycles. The summed E-state index contributed by atoms with van der Waals surface area (Å²) in [6, 6.07) is 13.5. The number of aliphatic imine (C=N–C) groups is 1. The van der Waals surface area contributed by atoms with E-state index < -0.39 is 0 Å². The standard InChI is InChI=1S/C23H22N2O2/c26-20-10-9-15-5-1-2-7-18(15)21(20)24-14-17-13-16-6-3-11-25-12-4-8-19(22(16)25)23(17)27/h1-2,5,7,9-10,13-14,26-27H,3-4,6,8,11-12H2/b24-14+. The van der Waals surface area contributed by atoms with Crippen LogP contribution in [0.4, 0.5) is 11.4 Å². The van der Waals surface area contributed by atoms with Crippen molar-refractivity contribution in [2.45, 2.75) is 25.7 Å². The maximum Gasteiger partial charge on any atom is 0.141 e. The summed E-state index contributed by atoms with van der Waals surface area (Å²) in [6.45, 7) is 2.16. The van der Waals surface area contributed by atoms with Gasteiger partial charge >= 0.3 is 0 Å². The Bertz CT molecular complexity index is 1070. The Morgan fingerprint density at radius 3 is 2.67 bits per heavy atom. The van der Waals surface area contributed by atoms with Gasteiger partial charge in [-0.2, -0.15) is 0 Å². The molecular formula is C23H22N2O2. The number of phenols is 2. The van der Waals surface area contributed by atoms with E-state index in [-0.39, 0.29) is 5.75 Å². The van der Waals surface area contributed by atoms with Crippen molar-refractivity contribution in [2.75, 3.05) is 18.0 Å². The summed E-state index contributed by atoms with van der Waals surface area (Å²) in [6.07, 6.45) is 5.87. The fourth-order valence-electron chi connectivity index (χ4n) is 4.48. The number of benzene rings is 3. The topological polar surface area (TPSA) is 56.1 Å². The first-order chi connectivity index (χ1) is 13.2. The van der Waals surface area contributed by atoms with Gasteiger partial charge in [0.1, 0.15) is 17.2 Å². The van der Waals surface area contributed by atoms with Gasteiger partial charge in [0.05, 0.1) is 0 Å². The highest BCUT2D eigenvalue weighted by molar-refractivity contribution is 5.98. The van der Waals surface area contributed by atoms with Gasteiger partial charge in [0.2, 0.25) is 0 Å². The van der Waals surface area contributed by atoms with Crippen LogP contribution >= 0.6 is 0 Å². The number of rotatable bonds is 2.